The normalized spacial score (nSPS) is 10.2. The Hall–Kier alpha value is -1.40. The minimum Gasteiger partial charge on any atom is -0.494 e. The van der Waals surface area contributed by atoms with Crippen LogP contribution in [0.5, 0.6) is 5.75 Å². The first-order valence-corrected chi connectivity index (χ1v) is 7.44. The fourth-order valence-corrected chi connectivity index (χ4v) is 2.56. The molecule has 0 aliphatic heterocycles. The van der Waals surface area contributed by atoms with Crippen LogP contribution in [0.1, 0.15) is 12.8 Å². The van der Waals surface area contributed by atoms with Crippen LogP contribution in [0.15, 0.2) is 40.3 Å². The van der Waals surface area contributed by atoms with Crippen molar-refractivity contribution in [2.45, 2.75) is 12.8 Å². The van der Waals surface area contributed by atoms with Gasteiger partial charge in [0.15, 0.2) is 5.13 Å². The van der Waals surface area contributed by atoms with E-state index in [4.69, 9.17) is 4.74 Å². The molecule has 19 heavy (non-hydrogen) atoms. The SMILES string of the molecule is O=C(CCCOc1ccccc1)Nc1ncc(Br)s1. The molecule has 2 rings (SSSR count). The largest absolute Gasteiger partial charge is 0.494 e. The third-order valence-corrected chi connectivity index (χ3v) is 3.68. The minimum absolute atomic E-state index is 0.0430. The summed E-state index contributed by atoms with van der Waals surface area (Å²) in [6.07, 6.45) is 2.76. The Kier molecular flexibility index (Phi) is 5.35. The molecule has 0 atom stereocenters. The lowest BCUT2D eigenvalue weighted by Crippen LogP contribution is -2.12. The Morgan fingerprint density at radius 3 is 2.84 bits per heavy atom. The number of carbonyl (C=O) groups excluding carboxylic acids is 1. The van der Waals surface area contributed by atoms with E-state index >= 15 is 0 Å². The van der Waals surface area contributed by atoms with E-state index in [1.807, 2.05) is 30.3 Å². The third kappa shape index (κ3) is 5.00. The summed E-state index contributed by atoms with van der Waals surface area (Å²) in [5, 5.41) is 3.36. The van der Waals surface area contributed by atoms with Crippen LogP contribution in [0, 0.1) is 0 Å². The maximum atomic E-state index is 11.6. The van der Waals surface area contributed by atoms with Crippen LogP contribution in [0.25, 0.3) is 0 Å². The number of carbonyl (C=O) groups is 1. The lowest BCUT2D eigenvalue weighted by atomic mass is 10.3. The van der Waals surface area contributed by atoms with Gasteiger partial charge in [-0.15, -0.1) is 0 Å². The van der Waals surface area contributed by atoms with Gasteiger partial charge in [-0.1, -0.05) is 29.5 Å². The first kappa shape index (κ1) is 14.0. The van der Waals surface area contributed by atoms with Crippen LogP contribution in [0.2, 0.25) is 0 Å². The molecule has 0 saturated carbocycles. The van der Waals surface area contributed by atoms with E-state index in [1.54, 1.807) is 6.20 Å². The molecule has 0 saturated heterocycles. The summed E-state index contributed by atoms with van der Waals surface area (Å²) in [7, 11) is 0. The van der Waals surface area contributed by atoms with Gasteiger partial charge in [0.25, 0.3) is 0 Å². The third-order valence-electron chi connectivity index (χ3n) is 2.28. The summed E-state index contributed by atoms with van der Waals surface area (Å²) in [5.41, 5.74) is 0. The molecule has 0 spiro atoms. The molecule has 0 bridgehead atoms. The Balaban J connectivity index is 1.64. The zero-order valence-electron chi connectivity index (χ0n) is 10.1. The molecule has 0 aliphatic rings. The summed E-state index contributed by atoms with van der Waals surface area (Å²) >= 11 is 4.69. The number of hydrogen-bond acceptors (Lipinski definition) is 4. The van der Waals surface area contributed by atoms with Gasteiger partial charge >= 0.3 is 0 Å². The van der Waals surface area contributed by atoms with E-state index in [0.717, 1.165) is 9.54 Å². The van der Waals surface area contributed by atoms with Crippen LogP contribution < -0.4 is 10.1 Å². The molecule has 1 aromatic heterocycles. The number of ether oxygens (including phenoxy) is 1. The second-order valence-electron chi connectivity index (χ2n) is 3.78. The van der Waals surface area contributed by atoms with E-state index in [0.29, 0.717) is 24.6 Å². The fourth-order valence-electron chi connectivity index (χ4n) is 1.43. The number of hydrogen-bond donors (Lipinski definition) is 1. The second kappa shape index (κ2) is 7.25. The summed E-state index contributed by atoms with van der Waals surface area (Å²) in [5.74, 6) is 0.783. The molecule has 0 fully saturated rings. The summed E-state index contributed by atoms with van der Waals surface area (Å²) in [6.45, 7) is 0.527. The zero-order chi connectivity index (χ0) is 13.5. The van der Waals surface area contributed by atoms with E-state index in [1.165, 1.54) is 11.3 Å². The maximum absolute atomic E-state index is 11.6. The van der Waals surface area contributed by atoms with Crippen molar-refractivity contribution in [2.24, 2.45) is 0 Å². The number of aromatic nitrogens is 1. The Bertz CT molecular complexity index is 530. The predicted octanol–water partition coefficient (Wildman–Crippen LogP) is 3.70. The number of nitrogens with zero attached hydrogens (tertiary/aromatic N) is 1. The van der Waals surface area contributed by atoms with Crippen LogP contribution in [0.4, 0.5) is 5.13 Å². The molecule has 100 valence electrons. The molecular weight excluding hydrogens is 328 g/mol. The number of amides is 1. The van der Waals surface area contributed by atoms with E-state index < -0.39 is 0 Å². The van der Waals surface area contributed by atoms with Gasteiger partial charge in [0, 0.05) is 6.42 Å². The van der Waals surface area contributed by atoms with E-state index in [9.17, 15) is 4.79 Å². The molecule has 1 heterocycles. The van der Waals surface area contributed by atoms with Crippen molar-refractivity contribution in [1.29, 1.82) is 0 Å². The van der Waals surface area contributed by atoms with Gasteiger partial charge in [0.2, 0.25) is 5.91 Å². The number of anilines is 1. The van der Waals surface area contributed by atoms with Gasteiger partial charge in [0.1, 0.15) is 5.75 Å². The lowest BCUT2D eigenvalue weighted by molar-refractivity contribution is -0.116. The van der Waals surface area contributed by atoms with Crippen molar-refractivity contribution >= 4 is 38.3 Å². The molecule has 2 aromatic rings. The van der Waals surface area contributed by atoms with Gasteiger partial charge in [-0.25, -0.2) is 4.98 Å². The number of nitrogens with one attached hydrogen (secondary N) is 1. The van der Waals surface area contributed by atoms with Crippen molar-refractivity contribution < 1.29 is 9.53 Å². The Morgan fingerprint density at radius 1 is 1.37 bits per heavy atom. The maximum Gasteiger partial charge on any atom is 0.226 e. The van der Waals surface area contributed by atoms with Gasteiger partial charge in [0.05, 0.1) is 16.6 Å². The molecule has 6 heteroatoms. The molecule has 4 nitrogen and oxygen atoms in total. The molecular formula is C13H13BrN2O2S. The van der Waals surface area contributed by atoms with Gasteiger partial charge in [-0.3, -0.25) is 4.79 Å². The molecule has 1 aromatic carbocycles. The summed E-state index contributed by atoms with van der Waals surface area (Å²) in [6, 6.07) is 9.57. The zero-order valence-corrected chi connectivity index (χ0v) is 12.5. The Labute approximate surface area is 124 Å². The molecule has 0 radical (unpaired) electrons. The van der Waals surface area contributed by atoms with Gasteiger partial charge in [-0.05, 0) is 34.5 Å². The Morgan fingerprint density at radius 2 is 2.16 bits per heavy atom. The van der Waals surface area contributed by atoms with E-state index in [-0.39, 0.29) is 5.91 Å². The smallest absolute Gasteiger partial charge is 0.226 e. The first-order chi connectivity index (χ1) is 9.24. The highest BCUT2D eigenvalue weighted by atomic mass is 79.9. The molecule has 1 N–H and O–H groups in total. The van der Waals surface area contributed by atoms with Crippen molar-refractivity contribution in [3.8, 4) is 5.75 Å². The highest BCUT2D eigenvalue weighted by Crippen LogP contribution is 2.23. The highest BCUT2D eigenvalue weighted by Gasteiger charge is 2.05. The average molecular weight is 341 g/mol. The lowest BCUT2D eigenvalue weighted by Gasteiger charge is -2.05. The topological polar surface area (TPSA) is 51.2 Å². The van der Waals surface area contributed by atoms with Crippen LogP contribution in [-0.4, -0.2) is 17.5 Å². The van der Waals surface area contributed by atoms with Crippen molar-refractivity contribution in [3.63, 3.8) is 0 Å². The van der Waals surface area contributed by atoms with E-state index in [2.05, 4.69) is 26.2 Å². The molecule has 0 unspecified atom stereocenters. The average Bonchev–Trinajstić information content (AvgIpc) is 2.81. The molecule has 1 amide bonds. The number of thiazole rings is 1. The minimum atomic E-state index is -0.0430. The van der Waals surface area contributed by atoms with Gasteiger partial charge in [-0.2, -0.15) is 0 Å². The standard InChI is InChI=1S/C13H13BrN2O2S/c14-11-9-15-13(19-11)16-12(17)7-4-8-18-10-5-2-1-3-6-10/h1-3,5-6,9H,4,7-8H2,(H,15,16,17). The summed E-state index contributed by atoms with van der Waals surface area (Å²) in [4.78, 5) is 15.7. The first-order valence-electron chi connectivity index (χ1n) is 5.83. The van der Waals surface area contributed by atoms with Crippen molar-refractivity contribution in [2.75, 3.05) is 11.9 Å². The molecule has 0 aliphatic carbocycles. The second-order valence-corrected chi connectivity index (χ2v) is 6.19. The summed E-state index contributed by atoms with van der Waals surface area (Å²) < 4.78 is 6.41. The number of benzene rings is 1. The number of para-hydroxylation sites is 1. The van der Waals surface area contributed by atoms with Crippen LogP contribution in [0.3, 0.4) is 0 Å². The fraction of sp³-hybridized carbons (Fsp3) is 0.231. The quantitative estimate of drug-likeness (QED) is 0.815. The predicted molar refractivity (Wildman–Crippen MR) is 79.6 cm³/mol. The van der Waals surface area contributed by atoms with Gasteiger partial charge < -0.3 is 10.1 Å². The highest BCUT2D eigenvalue weighted by molar-refractivity contribution is 9.11. The number of rotatable bonds is 6. The monoisotopic (exact) mass is 340 g/mol. The van der Waals surface area contributed by atoms with Crippen molar-refractivity contribution in [1.82, 2.24) is 4.98 Å². The van der Waals surface area contributed by atoms with Crippen LogP contribution >= 0.6 is 27.3 Å². The van der Waals surface area contributed by atoms with Crippen LogP contribution in [-0.2, 0) is 4.79 Å². The number of halogens is 1. The van der Waals surface area contributed by atoms with Crippen molar-refractivity contribution in [3.05, 3.63) is 40.3 Å².